The monoisotopic (exact) mass is 1300 g/mol. The summed E-state index contributed by atoms with van der Waals surface area (Å²) < 4.78 is 0. The highest BCUT2D eigenvalue weighted by Gasteiger charge is 2.38. The highest BCUT2D eigenvalue weighted by atomic mass is 15.2. The van der Waals surface area contributed by atoms with Crippen LogP contribution in [0.2, 0.25) is 0 Å². The quantitative estimate of drug-likeness (QED) is 0.120. The van der Waals surface area contributed by atoms with Gasteiger partial charge in [0.15, 0.2) is 0 Å². The molecule has 0 heterocycles. The molecule has 17 aromatic carbocycles. The molecular formula is C100H72N2. The Morgan fingerprint density at radius 1 is 0.167 bits per heavy atom. The predicted octanol–water partition coefficient (Wildman–Crippen LogP) is 27.9. The average molecular weight is 1300 g/mol. The molecule has 0 bridgehead atoms. The van der Waals surface area contributed by atoms with Crippen LogP contribution in [-0.4, -0.2) is 0 Å². The van der Waals surface area contributed by atoms with Gasteiger partial charge >= 0.3 is 0 Å². The third kappa shape index (κ3) is 10.2. The molecule has 2 aliphatic rings. The van der Waals surface area contributed by atoms with Gasteiger partial charge in [0.2, 0.25) is 0 Å². The molecule has 19 rings (SSSR count). The van der Waals surface area contributed by atoms with Crippen molar-refractivity contribution in [2.24, 2.45) is 0 Å². The summed E-state index contributed by atoms with van der Waals surface area (Å²) in [7, 11) is 0. The maximum atomic E-state index is 2.54. The summed E-state index contributed by atoms with van der Waals surface area (Å²) in [6.07, 6.45) is 0. The van der Waals surface area contributed by atoms with Gasteiger partial charge in [0.05, 0.1) is 17.1 Å². The molecular weight excluding hydrogens is 1230 g/mol. The zero-order valence-electron chi connectivity index (χ0n) is 57.5. The highest BCUT2D eigenvalue weighted by Crippen LogP contribution is 2.56. The fourth-order valence-electron chi connectivity index (χ4n) is 16.8. The smallest absolute Gasteiger partial charge is 0.0546 e. The molecule has 17 aromatic rings. The van der Waals surface area contributed by atoms with Crippen LogP contribution in [0.3, 0.4) is 0 Å². The van der Waals surface area contributed by atoms with E-state index >= 15 is 0 Å². The fourth-order valence-corrected chi connectivity index (χ4v) is 16.8. The van der Waals surface area contributed by atoms with Crippen molar-refractivity contribution in [3.63, 3.8) is 0 Å². The van der Waals surface area contributed by atoms with Gasteiger partial charge in [-0.1, -0.05) is 301 Å². The number of hydrogen-bond acceptors (Lipinski definition) is 2. The van der Waals surface area contributed by atoms with Gasteiger partial charge in [-0.05, 0) is 229 Å². The number of hydrogen-bond donors (Lipinski definition) is 0. The molecule has 0 unspecified atom stereocenters. The minimum atomic E-state index is -0.336. The molecule has 102 heavy (non-hydrogen) atoms. The lowest BCUT2D eigenvalue weighted by atomic mass is 9.81. The molecule has 2 aliphatic carbocycles. The Morgan fingerprint density at radius 2 is 0.480 bits per heavy atom. The first kappa shape index (κ1) is 60.5. The lowest BCUT2D eigenvalue weighted by molar-refractivity contribution is 0.660. The van der Waals surface area contributed by atoms with Gasteiger partial charge in [-0.25, -0.2) is 0 Å². The van der Waals surface area contributed by atoms with Gasteiger partial charge in [0.1, 0.15) is 0 Å². The van der Waals surface area contributed by atoms with Crippen LogP contribution in [0.25, 0.3) is 132 Å². The topological polar surface area (TPSA) is 6.48 Å². The zero-order valence-corrected chi connectivity index (χ0v) is 57.5. The largest absolute Gasteiger partial charge is 0.310 e. The van der Waals surface area contributed by atoms with Gasteiger partial charge in [0.25, 0.3) is 0 Å². The number of nitrogens with zero attached hydrogens (tertiary/aromatic N) is 2. The van der Waals surface area contributed by atoms with Crippen molar-refractivity contribution < 1.29 is 0 Å². The number of benzene rings is 17. The summed E-state index contributed by atoms with van der Waals surface area (Å²) in [6, 6.07) is 136. The third-order valence-corrected chi connectivity index (χ3v) is 22.2. The van der Waals surface area contributed by atoms with Crippen molar-refractivity contribution >= 4 is 77.2 Å². The number of para-hydroxylation sites is 2. The molecule has 2 nitrogen and oxygen atoms in total. The summed E-state index contributed by atoms with van der Waals surface area (Å²) in [5.74, 6) is 0. The van der Waals surface area contributed by atoms with E-state index < -0.39 is 0 Å². The Bertz CT molecular complexity index is 6210. The Labute approximate surface area is 597 Å². The molecule has 0 amide bonds. The average Bonchev–Trinajstić information content (AvgIpc) is 1.57. The van der Waals surface area contributed by atoms with E-state index in [0.717, 1.165) is 78.6 Å². The van der Waals surface area contributed by atoms with Gasteiger partial charge < -0.3 is 9.80 Å². The molecule has 0 N–H and O–H groups in total. The van der Waals surface area contributed by atoms with Crippen molar-refractivity contribution in [2.75, 3.05) is 9.80 Å². The first-order chi connectivity index (χ1) is 50.0. The Kier molecular flexibility index (Phi) is 14.3. The second kappa shape index (κ2) is 24.1. The van der Waals surface area contributed by atoms with E-state index in [4.69, 9.17) is 0 Å². The van der Waals surface area contributed by atoms with E-state index in [2.05, 4.69) is 401 Å². The lowest BCUT2D eigenvalue weighted by Gasteiger charge is -2.32. The molecule has 0 radical (unpaired) electrons. The minimum absolute atomic E-state index is 0.165. The maximum absolute atomic E-state index is 2.54. The second-order valence-electron chi connectivity index (χ2n) is 28.8. The van der Waals surface area contributed by atoms with E-state index in [9.17, 15) is 0 Å². The lowest BCUT2D eigenvalue weighted by Crippen LogP contribution is -2.17. The molecule has 0 aliphatic heterocycles. The van der Waals surface area contributed by atoms with Crippen molar-refractivity contribution in [2.45, 2.75) is 38.5 Å². The second-order valence-corrected chi connectivity index (χ2v) is 28.8. The van der Waals surface area contributed by atoms with Gasteiger partial charge in [-0.3, -0.25) is 0 Å². The van der Waals surface area contributed by atoms with Crippen molar-refractivity contribution in [1.82, 2.24) is 0 Å². The number of fused-ring (bicyclic) bond motifs is 10. The predicted molar refractivity (Wildman–Crippen MR) is 434 cm³/mol. The minimum Gasteiger partial charge on any atom is -0.310 e. The van der Waals surface area contributed by atoms with Crippen LogP contribution < -0.4 is 9.80 Å². The highest BCUT2D eigenvalue weighted by molar-refractivity contribution is 6.02. The molecule has 0 spiro atoms. The molecule has 0 atom stereocenters. The summed E-state index contributed by atoms with van der Waals surface area (Å²) >= 11 is 0. The molecule has 482 valence electrons. The zero-order chi connectivity index (χ0) is 68.2. The molecule has 0 saturated carbocycles. The van der Waals surface area contributed by atoms with E-state index in [1.54, 1.807) is 0 Å². The summed E-state index contributed by atoms with van der Waals surface area (Å²) in [6.45, 7) is 9.58. The number of rotatable bonds is 12. The van der Waals surface area contributed by atoms with Crippen molar-refractivity contribution in [3.8, 4) is 89.0 Å². The Morgan fingerprint density at radius 3 is 1.01 bits per heavy atom. The fraction of sp³-hybridized carbons (Fsp3) is 0.0600. The van der Waals surface area contributed by atoms with Crippen LogP contribution in [0.15, 0.2) is 364 Å². The van der Waals surface area contributed by atoms with Crippen LogP contribution in [0.5, 0.6) is 0 Å². The standard InChI is InChI=1S/C100H72N2/c1-99(2)92-33-19-17-32-88(92)90-53-48-83(63-94(90)99)101(82-29-9-6-10-30-82)97-61-78(74-38-35-65-21-11-14-26-69(65)55-74)45-50-86(97)81-44-42-72-57-73(40-41-76(72)59-81)77-47-52-89-91-54-49-84(64-95(91)100(3,4)93(89)60-77)102(96-34-20-18-31-85(96)68-24-7-5-8-25-68)98-62-79(75-39-36-66-22-12-15-27-70(66)56-75)46-51-87(98)80-43-37-67-23-13-16-28-71(67)58-80/h5-64H,1-4H3. The summed E-state index contributed by atoms with van der Waals surface area (Å²) in [5.41, 5.74) is 30.7. The summed E-state index contributed by atoms with van der Waals surface area (Å²) in [4.78, 5) is 5.02. The normalized spacial score (nSPS) is 13.1. The third-order valence-electron chi connectivity index (χ3n) is 22.2. The van der Waals surface area contributed by atoms with Crippen LogP contribution in [0, 0.1) is 0 Å². The first-order valence-corrected chi connectivity index (χ1v) is 35.7. The van der Waals surface area contributed by atoms with E-state index in [1.807, 2.05) is 0 Å². The van der Waals surface area contributed by atoms with Crippen LogP contribution in [0.1, 0.15) is 49.9 Å². The first-order valence-electron chi connectivity index (χ1n) is 35.7. The van der Waals surface area contributed by atoms with Gasteiger partial charge in [0, 0.05) is 44.6 Å². The van der Waals surface area contributed by atoms with E-state index in [0.29, 0.717) is 0 Å². The van der Waals surface area contributed by atoms with E-state index in [1.165, 1.54) is 110 Å². The Hall–Kier alpha value is -12.6. The molecule has 2 heteroatoms. The van der Waals surface area contributed by atoms with Crippen molar-refractivity contribution in [1.29, 1.82) is 0 Å². The van der Waals surface area contributed by atoms with Crippen LogP contribution >= 0.6 is 0 Å². The molecule has 0 saturated heterocycles. The van der Waals surface area contributed by atoms with Crippen LogP contribution in [-0.2, 0) is 10.8 Å². The molecule has 0 fully saturated rings. The maximum Gasteiger partial charge on any atom is 0.0546 e. The van der Waals surface area contributed by atoms with Crippen LogP contribution in [0.4, 0.5) is 34.1 Å². The summed E-state index contributed by atoms with van der Waals surface area (Å²) in [5, 5.41) is 9.73. The molecule has 0 aromatic heterocycles. The number of anilines is 6. The van der Waals surface area contributed by atoms with E-state index in [-0.39, 0.29) is 10.8 Å². The van der Waals surface area contributed by atoms with Gasteiger partial charge in [-0.15, -0.1) is 0 Å². The SMILES string of the molecule is CC1(C)c2ccccc2-c2ccc(N(c3ccccc3)c3cc(-c4ccc5ccccc5c4)ccc3-c3ccc4cc(-c5ccc6c(c5)C(C)(C)c5cc(N(c7ccccc7-c7ccccc7)c7cc(-c8ccc9ccccc9c8)ccc7-c7ccc8ccccc8c7)ccc5-6)ccc4c3)cc21. The Balaban J connectivity index is 0.708. The van der Waals surface area contributed by atoms with Crippen molar-refractivity contribution in [3.05, 3.63) is 386 Å². The van der Waals surface area contributed by atoms with Gasteiger partial charge in [-0.2, -0.15) is 0 Å².